The molecule has 0 aliphatic heterocycles. The first kappa shape index (κ1) is 17.2. The number of sulfonamides is 1. The molecule has 1 aromatic heterocycles. The molecule has 1 aliphatic carbocycles. The van der Waals surface area contributed by atoms with Gasteiger partial charge in [-0.25, -0.2) is 13.1 Å². The van der Waals surface area contributed by atoms with Crippen molar-refractivity contribution in [1.82, 2.24) is 15.6 Å². The molecule has 0 spiro atoms. The summed E-state index contributed by atoms with van der Waals surface area (Å²) in [4.78, 5) is 24.0. The minimum atomic E-state index is -3.56. The highest BCUT2D eigenvalue weighted by molar-refractivity contribution is 7.89. The minimum absolute atomic E-state index is 0.00886. The van der Waals surface area contributed by atoms with Gasteiger partial charge in [-0.1, -0.05) is 0 Å². The number of amides is 2. The first-order valence-corrected chi connectivity index (χ1v) is 9.12. The van der Waals surface area contributed by atoms with Crippen molar-refractivity contribution in [3.8, 4) is 0 Å². The number of benzene rings is 1. The number of rotatable bonds is 5. The molecule has 3 N–H and O–H groups in total. The molecule has 0 unspecified atom stereocenters. The molecule has 2 amide bonds. The van der Waals surface area contributed by atoms with Crippen LogP contribution in [-0.4, -0.2) is 26.3 Å². The van der Waals surface area contributed by atoms with Gasteiger partial charge in [0.05, 0.1) is 16.7 Å². The van der Waals surface area contributed by atoms with E-state index in [1.807, 2.05) is 0 Å². The lowest BCUT2D eigenvalue weighted by atomic mass is 10.2. The van der Waals surface area contributed by atoms with Crippen LogP contribution in [0, 0.1) is 6.92 Å². The van der Waals surface area contributed by atoms with Crippen LogP contribution in [0.1, 0.15) is 39.3 Å². The van der Waals surface area contributed by atoms with Gasteiger partial charge in [-0.05, 0) is 50.1 Å². The summed E-state index contributed by atoms with van der Waals surface area (Å²) in [6.45, 7) is 1.63. The molecule has 1 aromatic carbocycles. The van der Waals surface area contributed by atoms with E-state index < -0.39 is 21.8 Å². The average molecular weight is 363 g/mol. The van der Waals surface area contributed by atoms with Gasteiger partial charge in [0.25, 0.3) is 11.8 Å². The molecule has 25 heavy (non-hydrogen) atoms. The van der Waals surface area contributed by atoms with E-state index in [-0.39, 0.29) is 16.5 Å². The van der Waals surface area contributed by atoms with Gasteiger partial charge >= 0.3 is 0 Å². The number of hydrogen-bond acceptors (Lipinski definition) is 5. The van der Waals surface area contributed by atoms with E-state index in [1.165, 1.54) is 36.6 Å². The second-order valence-electron chi connectivity index (χ2n) is 5.72. The Kier molecular flexibility index (Phi) is 4.60. The van der Waals surface area contributed by atoms with Crippen molar-refractivity contribution >= 4 is 21.8 Å². The Morgan fingerprint density at radius 1 is 1.04 bits per heavy atom. The summed E-state index contributed by atoms with van der Waals surface area (Å²) in [6.07, 6.45) is 3.06. The maximum atomic E-state index is 12.1. The van der Waals surface area contributed by atoms with Crippen LogP contribution in [0.5, 0.6) is 0 Å². The quantitative estimate of drug-likeness (QED) is 0.688. The summed E-state index contributed by atoms with van der Waals surface area (Å²) >= 11 is 0. The van der Waals surface area contributed by atoms with Gasteiger partial charge in [-0.3, -0.25) is 20.4 Å². The molecule has 0 radical (unpaired) electrons. The fourth-order valence-electron chi connectivity index (χ4n) is 2.15. The highest BCUT2D eigenvalue weighted by Crippen LogP contribution is 2.22. The Bertz CT molecular complexity index is 898. The van der Waals surface area contributed by atoms with Crippen molar-refractivity contribution in [2.45, 2.75) is 30.7 Å². The number of hydrazine groups is 1. The molecule has 2 aromatic rings. The predicted molar refractivity (Wildman–Crippen MR) is 88.2 cm³/mol. The van der Waals surface area contributed by atoms with Gasteiger partial charge in [0.1, 0.15) is 5.76 Å². The summed E-state index contributed by atoms with van der Waals surface area (Å²) in [7, 11) is -3.56. The number of carbonyl (C=O) groups is 2. The molecule has 3 rings (SSSR count). The first-order chi connectivity index (χ1) is 11.9. The molecule has 1 fully saturated rings. The third-order valence-corrected chi connectivity index (χ3v) is 5.26. The van der Waals surface area contributed by atoms with Gasteiger partial charge in [0, 0.05) is 11.6 Å². The summed E-state index contributed by atoms with van der Waals surface area (Å²) in [5.74, 6) is -0.634. The maximum absolute atomic E-state index is 12.1. The fraction of sp³-hybridized carbons (Fsp3) is 0.250. The molecule has 1 heterocycles. The molecule has 0 atom stereocenters. The number of hydrogen-bond donors (Lipinski definition) is 3. The van der Waals surface area contributed by atoms with Gasteiger partial charge in [0.2, 0.25) is 10.0 Å². The second-order valence-corrected chi connectivity index (χ2v) is 7.43. The van der Waals surface area contributed by atoms with E-state index in [4.69, 9.17) is 4.42 Å². The number of aryl methyl sites for hydroxylation is 1. The highest BCUT2D eigenvalue weighted by atomic mass is 32.2. The molecular formula is C16H17N3O5S. The molecule has 1 saturated carbocycles. The lowest BCUT2D eigenvalue weighted by Crippen LogP contribution is -2.41. The number of nitrogens with one attached hydrogen (secondary N) is 3. The zero-order valence-electron chi connectivity index (χ0n) is 13.4. The fourth-order valence-corrected chi connectivity index (χ4v) is 3.45. The van der Waals surface area contributed by atoms with E-state index in [9.17, 15) is 18.0 Å². The summed E-state index contributed by atoms with van der Waals surface area (Å²) in [6, 6.07) is 6.96. The van der Waals surface area contributed by atoms with Crippen molar-refractivity contribution in [2.75, 3.05) is 0 Å². The Labute approximate surface area is 144 Å². The van der Waals surface area contributed by atoms with Gasteiger partial charge < -0.3 is 4.42 Å². The van der Waals surface area contributed by atoms with Gasteiger partial charge in [0.15, 0.2) is 0 Å². The van der Waals surface area contributed by atoms with E-state index in [2.05, 4.69) is 15.6 Å². The molecular weight excluding hydrogens is 346 g/mol. The van der Waals surface area contributed by atoms with E-state index >= 15 is 0 Å². The van der Waals surface area contributed by atoms with Crippen molar-refractivity contribution in [3.05, 3.63) is 53.5 Å². The number of furan rings is 1. The summed E-state index contributed by atoms with van der Waals surface area (Å²) < 4.78 is 31.7. The van der Waals surface area contributed by atoms with Crippen molar-refractivity contribution in [3.63, 3.8) is 0 Å². The highest BCUT2D eigenvalue weighted by Gasteiger charge is 2.28. The smallest absolute Gasteiger partial charge is 0.273 e. The summed E-state index contributed by atoms with van der Waals surface area (Å²) in [5, 5.41) is 0. The molecule has 1 aliphatic rings. The Hall–Kier alpha value is -2.65. The van der Waals surface area contributed by atoms with Crippen LogP contribution in [0.15, 0.2) is 45.9 Å². The standard InChI is InChI=1S/C16H17N3O5S/c1-10-14(8-9-24-10)16(21)18-17-15(20)11-2-6-13(7-3-11)25(22,23)19-12-4-5-12/h2-3,6-9,12,19H,4-5H2,1H3,(H,17,20)(H,18,21). The van der Waals surface area contributed by atoms with E-state index in [0.29, 0.717) is 11.3 Å². The van der Waals surface area contributed by atoms with Gasteiger partial charge in [-0.2, -0.15) is 0 Å². The maximum Gasteiger partial charge on any atom is 0.273 e. The third-order valence-electron chi connectivity index (χ3n) is 3.72. The second kappa shape index (κ2) is 6.69. The van der Waals surface area contributed by atoms with Crippen molar-refractivity contribution in [1.29, 1.82) is 0 Å². The van der Waals surface area contributed by atoms with Crippen LogP contribution in [0.25, 0.3) is 0 Å². The topological polar surface area (TPSA) is 118 Å². The predicted octanol–water partition coefficient (Wildman–Crippen LogP) is 1.10. The van der Waals surface area contributed by atoms with Crippen LogP contribution in [0.2, 0.25) is 0 Å². The molecule has 132 valence electrons. The Morgan fingerprint density at radius 3 is 2.24 bits per heavy atom. The van der Waals surface area contributed by atoms with Crippen LogP contribution >= 0.6 is 0 Å². The molecule has 0 saturated heterocycles. The van der Waals surface area contributed by atoms with Crippen molar-refractivity contribution < 1.29 is 22.4 Å². The number of carbonyl (C=O) groups excluding carboxylic acids is 2. The van der Waals surface area contributed by atoms with Crippen LogP contribution in [-0.2, 0) is 10.0 Å². The third kappa shape index (κ3) is 4.06. The zero-order valence-corrected chi connectivity index (χ0v) is 14.2. The summed E-state index contributed by atoms with van der Waals surface area (Å²) in [5.41, 5.74) is 5.07. The average Bonchev–Trinajstić information content (AvgIpc) is 3.29. The normalized spacial score (nSPS) is 14.1. The lowest BCUT2D eigenvalue weighted by molar-refractivity contribution is 0.0845. The van der Waals surface area contributed by atoms with Crippen LogP contribution in [0.4, 0.5) is 0 Å². The lowest BCUT2D eigenvalue weighted by Gasteiger charge is -2.08. The SMILES string of the molecule is Cc1occc1C(=O)NNC(=O)c1ccc(S(=O)(=O)NC2CC2)cc1. The van der Waals surface area contributed by atoms with Crippen molar-refractivity contribution in [2.24, 2.45) is 0 Å². The Morgan fingerprint density at radius 2 is 1.68 bits per heavy atom. The van der Waals surface area contributed by atoms with E-state index in [0.717, 1.165) is 12.8 Å². The minimum Gasteiger partial charge on any atom is -0.469 e. The van der Waals surface area contributed by atoms with Gasteiger partial charge in [-0.15, -0.1) is 0 Å². The largest absolute Gasteiger partial charge is 0.469 e. The molecule has 0 bridgehead atoms. The molecule has 9 heteroatoms. The van der Waals surface area contributed by atoms with E-state index in [1.54, 1.807) is 6.92 Å². The first-order valence-electron chi connectivity index (χ1n) is 7.64. The van der Waals surface area contributed by atoms with Crippen LogP contribution < -0.4 is 15.6 Å². The molecule has 8 nitrogen and oxygen atoms in total. The van der Waals surface area contributed by atoms with Crippen LogP contribution in [0.3, 0.4) is 0 Å². The monoisotopic (exact) mass is 363 g/mol. The Balaban J connectivity index is 1.61. The zero-order chi connectivity index (χ0) is 18.0.